The van der Waals surface area contributed by atoms with Gasteiger partial charge in [0.1, 0.15) is 6.04 Å². The van der Waals surface area contributed by atoms with E-state index < -0.39 is 0 Å². The van der Waals surface area contributed by atoms with Gasteiger partial charge in [0.2, 0.25) is 0 Å². The molecule has 0 spiro atoms. The molecule has 0 saturated carbocycles. The van der Waals surface area contributed by atoms with Crippen molar-refractivity contribution in [3.63, 3.8) is 0 Å². The van der Waals surface area contributed by atoms with E-state index in [1.165, 1.54) is 0 Å². The van der Waals surface area contributed by atoms with Crippen LogP contribution in [-0.4, -0.2) is 18.6 Å². The molecule has 1 unspecified atom stereocenters. The first-order chi connectivity index (χ1) is 8.58. The summed E-state index contributed by atoms with van der Waals surface area (Å²) < 4.78 is 6.09. The molecule has 0 fully saturated rings. The number of carbonyl (C=O) groups is 1. The Kier molecular flexibility index (Phi) is 6.36. The Hall–Kier alpha value is -0.870. The normalized spacial score (nSPS) is 14.0. The Bertz CT molecular complexity index is 378. The fourth-order valence-corrected chi connectivity index (χ4v) is 2.01. The molecule has 100 valence electrons. The van der Waals surface area contributed by atoms with Gasteiger partial charge in [-0.15, -0.1) is 0 Å². The van der Waals surface area contributed by atoms with Crippen molar-refractivity contribution in [2.75, 3.05) is 6.61 Å². The summed E-state index contributed by atoms with van der Waals surface area (Å²) in [5, 5.41) is 3.30. The van der Waals surface area contributed by atoms with Gasteiger partial charge in [0.25, 0.3) is 0 Å². The van der Waals surface area contributed by atoms with Crippen molar-refractivity contribution in [2.45, 2.75) is 39.3 Å². The van der Waals surface area contributed by atoms with E-state index in [0.717, 1.165) is 16.5 Å². The van der Waals surface area contributed by atoms with Crippen LogP contribution in [0.5, 0.6) is 0 Å². The first kappa shape index (κ1) is 15.2. The number of nitrogens with one attached hydrogen (secondary N) is 1. The highest BCUT2D eigenvalue weighted by Crippen LogP contribution is 2.17. The van der Waals surface area contributed by atoms with E-state index in [0.29, 0.717) is 6.61 Å². The molecule has 0 aliphatic rings. The molecule has 0 aliphatic heterocycles. The Morgan fingerprint density at radius 1 is 1.33 bits per heavy atom. The highest BCUT2D eigenvalue weighted by atomic mass is 79.9. The fraction of sp³-hybridized carbons (Fsp3) is 0.500. The average Bonchev–Trinajstić information content (AvgIpc) is 2.36. The molecular formula is C14H20BrNO2. The van der Waals surface area contributed by atoms with E-state index in [-0.39, 0.29) is 18.1 Å². The standard InChI is InChI=1S/C14H20BrNO2/c1-4-13(14(17)18-5-2)16-10(3)11-6-8-12(15)9-7-11/h6-10,13,16H,4-5H2,1-3H3/t10-,13?/m1/s1. The fourth-order valence-electron chi connectivity index (χ4n) is 1.74. The maximum absolute atomic E-state index is 11.7. The van der Waals surface area contributed by atoms with Crippen LogP contribution in [0.4, 0.5) is 0 Å². The first-order valence-corrected chi connectivity index (χ1v) is 7.05. The van der Waals surface area contributed by atoms with Gasteiger partial charge in [-0.2, -0.15) is 0 Å². The molecule has 1 aromatic carbocycles. The number of hydrogen-bond acceptors (Lipinski definition) is 3. The van der Waals surface area contributed by atoms with E-state index in [1.807, 2.05) is 45.0 Å². The summed E-state index contributed by atoms with van der Waals surface area (Å²) in [6.07, 6.45) is 0.722. The quantitative estimate of drug-likeness (QED) is 0.818. The number of esters is 1. The summed E-state index contributed by atoms with van der Waals surface area (Å²) in [5.41, 5.74) is 1.15. The lowest BCUT2D eigenvalue weighted by atomic mass is 10.1. The van der Waals surface area contributed by atoms with Crippen LogP contribution < -0.4 is 5.32 Å². The summed E-state index contributed by atoms with van der Waals surface area (Å²) in [4.78, 5) is 11.7. The van der Waals surface area contributed by atoms with Gasteiger partial charge in [-0.1, -0.05) is 35.0 Å². The molecule has 2 atom stereocenters. The zero-order chi connectivity index (χ0) is 13.5. The molecule has 4 heteroatoms. The van der Waals surface area contributed by atoms with Gasteiger partial charge in [-0.3, -0.25) is 10.1 Å². The molecule has 0 radical (unpaired) electrons. The highest BCUT2D eigenvalue weighted by molar-refractivity contribution is 9.10. The van der Waals surface area contributed by atoms with Crippen molar-refractivity contribution < 1.29 is 9.53 Å². The molecule has 1 rings (SSSR count). The van der Waals surface area contributed by atoms with Crippen LogP contribution in [0, 0.1) is 0 Å². The molecule has 3 nitrogen and oxygen atoms in total. The van der Waals surface area contributed by atoms with Crippen molar-refractivity contribution in [3.8, 4) is 0 Å². The third kappa shape index (κ3) is 4.42. The van der Waals surface area contributed by atoms with Gasteiger partial charge < -0.3 is 4.74 Å². The largest absolute Gasteiger partial charge is 0.465 e. The lowest BCUT2D eigenvalue weighted by Gasteiger charge is -2.21. The third-order valence-corrected chi connectivity index (χ3v) is 3.33. The van der Waals surface area contributed by atoms with E-state index in [1.54, 1.807) is 0 Å². The minimum atomic E-state index is -0.247. The Labute approximate surface area is 117 Å². The number of halogens is 1. The van der Waals surface area contributed by atoms with Crippen molar-refractivity contribution >= 4 is 21.9 Å². The number of ether oxygens (including phenoxy) is 1. The summed E-state index contributed by atoms with van der Waals surface area (Å²) in [5.74, 6) is -0.177. The molecule has 0 aliphatic carbocycles. The first-order valence-electron chi connectivity index (χ1n) is 6.26. The molecule has 0 saturated heterocycles. The second kappa shape index (κ2) is 7.54. The van der Waals surface area contributed by atoms with Gasteiger partial charge in [-0.25, -0.2) is 0 Å². The number of rotatable bonds is 6. The Balaban J connectivity index is 2.64. The zero-order valence-electron chi connectivity index (χ0n) is 11.1. The molecule has 1 aromatic rings. The van der Waals surface area contributed by atoms with Crippen molar-refractivity contribution in [1.29, 1.82) is 0 Å². The van der Waals surface area contributed by atoms with E-state index in [9.17, 15) is 4.79 Å². The van der Waals surface area contributed by atoms with Crippen molar-refractivity contribution in [3.05, 3.63) is 34.3 Å². The average molecular weight is 314 g/mol. The smallest absolute Gasteiger partial charge is 0.323 e. The van der Waals surface area contributed by atoms with Crippen LogP contribution in [0.2, 0.25) is 0 Å². The van der Waals surface area contributed by atoms with E-state index >= 15 is 0 Å². The Morgan fingerprint density at radius 3 is 2.44 bits per heavy atom. The van der Waals surface area contributed by atoms with Crippen LogP contribution in [0.25, 0.3) is 0 Å². The molecule has 0 bridgehead atoms. The van der Waals surface area contributed by atoms with Gasteiger partial charge in [0.05, 0.1) is 6.61 Å². The monoisotopic (exact) mass is 313 g/mol. The van der Waals surface area contributed by atoms with E-state index in [4.69, 9.17) is 4.74 Å². The molecule has 18 heavy (non-hydrogen) atoms. The maximum Gasteiger partial charge on any atom is 0.323 e. The van der Waals surface area contributed by atoms with Crippen LogP contribution in [-0.2, 0) is 9.53 Å². The van der Waals surface area contributed by atoms with Crippen molar-refractivity contribution in [2.24, 2.45) is 0 Å². The van der Waals surface area contributed by atoms with Crippen LogP contribution in [0.3, 0.4) is 0 Å². The van der Waals surface area contributed by atoms with E-state index in [2.05, 4.69) is 21.2 Å². The topological polar surface area (TPSA) is 38.3 Å². The van der Waals surface area contributed by atoms with Gasteiger partial charge in [-0.05, 0) is 38.0 Å². The molecular weight excluding hydrogens is 294 g/mol. The van der Waals surface area contributed by atoms with Crippen LogP contribution in [0.1, 0.15) is 38.8 Å². The minimum absolute atomic E-state index is 0.118. The third-order valence-electron chi connectivity index (χ3n) is 2.80. The molecule has 0 heterocycles. The predicted octanol–water partition coefficient (Wildman–Crippen LogP) is 3.44. The van der Waals surface area contributed by atoms with Gasteiger partial charge >= 0.3 is 5.97 Å². The van der Waals surface area contributed by atoms with Crippen LogP contribution in [0.15, 0.2) is 28.7 Å². The van der Waals surface area contributed by atoms with Crippen LogP contribution >= 0.6 is 15.9 Å². The summed E-state index contributed by atoms with van der Waals surface area (Å²) in [6, 6.07) is 7.95. The molecule has 0 aromatic heterocycles. The summed E-state index contributed by atoms with van der Waals surface area (Å²) in [6.45, 7) is 6.26. The predicted molar refractivity (Wildman–Crippen MR) is 76.4 cm³/mol. The second-order valence-corrected chi connectivity index (χ2v) is 5.07. The molecule has 0 amide bonds. The lowest BCUT2D eigenvalue weighted by molar-refractivity contribution is -0.145. The van der Waals surface area contributed by atoms with Crippen molar-refractivity contribution in [1.82, 2.24) is 5.32 Å². The van der Waals surface area contributed by atoms with Gasteiger partial charge in [0, 0.05) is 10.5 Å². The highest BCUT2D eigenvalue weighted by Gasteiger charge is 2.20. The van der Waals surface area contributed by atoms with Gasteiger partial charge in [0.15, 0.2) is 0 Å². The molecule has 1 N–H and O–H groups in total. The number of carbonyl (C=O) groups excluding carboxylic acids is 1. The Morgan fingerprint density at radius 2 is 1.94 bits per heavy atom. The summed E-state index contributed by atoms with van der Waals surface area (Å²) in [7, 11) is 0. The second-order valence-electron chi connectivity index (χ2n) is 4.15. The lowest BCUT2D eigenvalue weighted by Crippen LogP contribution is -2.39. The zero-order valence-corrected chi connectivity index (χ0v) is 12.7. The minimum Gasteiger partial charge on any atom is -0.465 e. The SMILES string of the molecule is CCOC(=O)C(CC)N[C@H](C)c1ccc(Br)cc1. The number of benzene rings is 1. The number of hydrogen-bond donors (Lipinski definition) is 1. The maximum atomic E-state index is 11.7. The summed E-state index contributed by atoms with van der Waals surface area (Å²) >= 11 is 3.41.